The number of aliphatic hydroxyl groups excluding tert-OH is 1. The predicted molar refractivity (Wildman–Crippen MR) is 132 cm³/mol. The van der Waals surface area contributed by atoms with Crippen LogP contribution in [-0.2, 0) is 5.60 Å². The van der Waals surface area contributed by atoms with Gasteiger partial charge in [-0.2, -0.15) is 0 Å². The minimum absolute atomic E-state index is 0.156. The Balaban J connectivity index is 1.12. The average Bonchev–Trinajstić information content (AvgIpc) is 3.28. The van der Waals surface area contributed by atoms with E-state index in [9.17, 15) is 14.6 Å². The van der Waals surface area contributed by atoms with Crippen molar-refractivity contribution in [2.45, 2.75) is 24.5 Å². The first-order valence-electron chi connectivity index (χ1n) is 11.6. The summed E-state index contributed by atoms with van der Waals surface area (Å²) in [5.74, 6) is 0.256. The van der Waals surface area contributed by atoms with Gasteiger partial charge in [-0.1, -0.05) is 28.9 Å². The molecule has 3 aromatic carbocycles. The number of hydrogen-bond donors (Lipinski definition) is 2. The molecule has 0 bridgehead atoms. The molecule has 182 valence electrons. The molecule has 0 aliphatic carbocycles. The standard InChI is InChI=1S/C27H26ClFN2O4/c28-20-5-3-19(4-6-20)27(33)11-13-31(14-12-27)16-22(32)17-34-23-8-1-18(2-9-23)26-24-10-7-21(29)15-25(24)35-30-26/h1-10,15,22,32-33H,11-14,16-17H2/t22-/m1/s1. The number of aliphatic hydroxyl groups is 2. The molecule has 0 amide bonds. The molecule has 5 rings (SSSR count). The van der Waals surface area contributed by atoms with Gasteiger partial charge in [0.05, 0.1) is 5.60 Å². The molecule has 2 N–H and O–H groups in total. The van der Waals surface area contributed by atoms with Crippen molar-refractivity contribution in [1.82, 2.24) is 10.1 Å². The topological polar surface area (TPSA) is 79.0 Å². The molecule has 0 unspecified atom stereocenters. The maximum Gasteiger partial charge on any atom is 0.170 e. The Labute approximate surface area is 207 Å². The number of nitrogens with zero attached hydrogens (tertiary/aromatic N) is 2. The Hall–Kier alpha value is -2.97. The van der Waals surface area contributed by atoms with Gasteiger partial charge in [-0.3, -0.25) is 0 Å². The smallest absolute Gasteiger partial charge is 0.170 e. The Kier molecular flexibility index (Phi) is 6.75. The number of likely N-dealkylation sites (tertiary alicyclic amines) is 1. The second kappa shape index (κ2) is 9.95. The Bertz CT molecular complexity index is 1290. The van der Waals surface area contributed by atoms with Crippen molar-refractivity contribution in [3.63, 3.8) is 0 Å². The summed E-state index contributed by atoms with van der Waals surface area (Å²) >= 11 is 5.96. The number of hydrogen-bond acceptors (Lipinski definition) is 6. The van der Waals surface area contributed by atoms with Gasteiger partial charge in [0.15, 0.2) is 5.58 Å². The second-order valence-corrected chi connectivity index (χ2v) is 9.44. The number of aromatic nitrogens is 1. The maximum absolute atomic E-state index is 13.4. The van der Waals surface area contributed by atoms with E-state index in [1.54, 1.807) is 30.3 Å². The summed E-state index contributed by atoms with van der Waals surface area (Å²) in [6, 6.07) is 19.0. The van der Waals surface area contributed by atoms with Gasteiger partial charge in [0.2, 0.25) is 0 Å². The zero-order valence-electron chi connectivity index (χ0n) is 19.0. The van der Waals surface area contributed by atoms with Gasteiger partial charge in [0.1, 0.15) is 30.0 Å². The Morgan fingerprint density at radius 3 is 2.49 bits per heavy atom. The molecule has 1 saturated heterocycles. The summed E-state index contributed by atoms with van der Waals surface area (Å²) in [4.78, 5) is 2.14. The molecule has 35 heavy (non-hydrogen) atoms. The molecule has 1 aliphatic heterocycles. The predicted octanol–water partition coefficient (Wildman–Crippen LogP) is 5.01. The number of fused-ring (bicyclic) bond motifs is 1. The third-order valence-electron chi connectivity index (χ3n) is 6.54. The van der Waals surface area contributed by atoms with Crippen LogP contribution in [0.3, 0.4) is 0 Å². The molecule has 0 saturated carbocycles. The van der Waals surface area contributed by atoms with E-state index >= 15 is 0 Å². The van der Waals surface area contributed by atoms with Crippen molar-refractivity contribution in [2.75, 3.05) is 26.2 Å². The van der Waals surface area contributed by atoms with E-state index in [0.29, 0.717) is 54.5 Å². The monoisotopic (exact) mass is 496 g/mol. The molecule has 1 atom stereocenters. The molecular weight excluding hydrogens is 471 g/mol. The van der Waals surface area contributed by atoms with E-state index in [1.165, 1.54) is 12.1 Å². The zero-order valence-corrected chi connectivity index (χ0v) is 19.8. The van der Waals surface area contributed by atoms with E-state index < -0.39 is 11.7 Å². The van der Waals surface area contributed by atoms with Gasteiger partial charge in [0, 0.05) is 41.7 Å². The molecule has 4 aromatic rings. The van der Waals surface area contributed by atoms with E-state index in [4.69, 9.17) is 20.9 Å². The second-order valence-electron chi connectivity index (χ2n) is 9.00. The van der Waals surface area contributed by atoms with Crippen molar-refractivity contribution >= 4 is 22.6 Å². The third-order valence-corrected chi connectivity index (χ3v) is 6.79. The van der Waals surface area contributed by atoms with E-state index in [2.05, 4.69) is 10.1 Å². The molecule has 8 heteroatoms. The van der Waals surface area contributed by atoms with Crippen LogP contribution in [0.25, 0.3) is 22.2 Å². The van der Waals surface area contributed by atoms with E-state index in [1.807, 2.05) is 24.3 Å². The molecule has 1 aromatic heterocycles. The lowest BCUT2D eigenvalue weighted by atomic mass is 9.84. The van der Waals surface area contributed by atoms with Crippen LogP contribution in [0.1, 0.15) is 18.4 Å². The lowest BCUT2D eigenvalue weighted by Gasteiger charge is -2.39. The summed E-state index contributed by atoms with van der Waals surface area (Å²) in [5.41, 5.74) is 1.86. The summed E-state index contributed by atoms with van der Waals surface area (Å²) in [5, 5.41) is 26.9. The van der Waals surface area contributed by atoms with Gasteiger partial charge >= 0.3 is 0 Å². The summed E-state index contributed by atoms with van der Waals surface area (Å²) in [6.07, 6.45) is 0.519. The van der Waals surface area contributed by atoms with E-state index in [-0.39, 0.29) is 12.4 Å². The highest BCUT2D eigenvalue weighted by molar-refractivity contribution is 6.30. The Morgan fingerprint density at radius 2 is 1.77 bits per heavy atom. The number of benzene rings is 3. The molecule has 2 heterocycles. The summed E-state index contributed by atoms with van der Waals surface area (Å²) in [6.45, 7) is 1.99. The van der Waals surface area contributed by atoms with Crippen LogP contribution in [0.4, 0.5) is 4.39 Å². The number of piperidine rings is 1. The fourth-order valence-corrected chi connectivity index (χ4v) is 4.65. The molecular formula is C27H26ClFN2O4. The fraction of sp³-hybridized carbons (Fsp3) is 0.296. The summed E-state index contributed by atoms with van der Waals surface area (Å²) in [7, 11) is 0. The first-order valence-corrected chi connectivity index (χ1v) is 11.9. The highest BCUT2D eigenvalue weighted by atomic mass is 35.5. The molecule has 1 aliphatic rings. The highest BCUT2D eigenvalue weighted by Crippen LogP contribution is 2.33. The minimum Gasteiger partial charge on any atom is -0.491 e. The lowest BCUT2D eigenvalue weighted by Crippen LogP contribution is -2.46. The van der Waals surface area contributed by atoms with Crippen molar-refractivity contribution in [3.05, 3.63) is 83.1 Å². The van der Waals surface area contributed by atoms with Crippen molar-refractivity contribution in [2.24, 2.45) is 0 Å². The van der Waals surface area contributed by atoms with Crippen LogP contribution >= 0.6 is 11.6 Å². The van der Waals surface area contributed by atoms with E-state index in [0.717, 1.165) is 16.5 Å². The minimum atomic E-state index is -0.867. The normalized spacial score (nSPS) is 16.9. The van der Waals surface area contributed by atoms with Crippen molar-refractivity contribution in [1.29, 1.82) is 0 Å². The number of ether oxygens (including phenoxy) is 1. The Morgan fingerprint density at radius 1 is 1.06 bits per heavy atom. The molecule has 0 radical (unpaired) electrons. The third kappa shape index (κ3) is 5.33. The number of β-amino-alcohol motifs (C(OH)–C–C–N with tert-alkyl or cyclic N) is 1. The van der Waals surface area contributed by atoms with Gasteiger partial charge in [-0.25, -0.2) is 4.39 Å². The zero-order chi connectivity index (χ0) is 24.4. The molecule has 6 nitrogen and oxygen atoms in total. The van der Waals surface area contributed by atoms with Crippen LogP contribution in [0.5, 0.6) is 5.75 Å². The SMILES string of the molecule is O[C@@H](COc1ccc(-c2noc3cc(F)ccc23)cc1)CN1CCC(O)(c2ccc(Cl)cc2)CC1. The fourth-order valence-electron chi connectivity index (χ4n) is 4.53. The average molecular weight is 497 g/mol. The van der Waals surface area contributed by atoms with Crippen LogP contribution < -0.4 is 4.74 Å². The van der Waals surface area contributed by atoms with Gasteiger partial charge in [-0.15, -0.1) is 0 Å². The molecule has 0 spiro atoms. The largest absolute Gasteiger partial charge is 0.491 e. The van der Waals surface area contributed by atoms with Gasteiger partial charge in [0.25, 0.3) is 0 Å². The first-order chi connectivity index (χ1) is 16.9. The number of rotatable bonds is 7. The maximum atomic E-state index is 13.4. The van der Waals surface area contributed by atoms with Crippen molar-refractivity contribution < 1.29 is 23.9 Å². The summed E-state index contributed by atoms with van der Waals surface area (Å²) < 4.78 is 24.4. The van der Waals surface area contributed by atoms with Crippen LogP contribution in [0.15, 0.2) is 71.3 Å². The van der Waals surface area contributed by atoms with Crippen molar-refractivity contribution in [3.8, 4) is 17.0 Å². The highest BCUT2D eigenvalue weighted by Gasteiger charge is 2.34. The van der Waals surface area contributed by atoms with Gasteiger partial charge < -0.3 is 24.4 Å². The number of halogens is 2. The van der Waals surface area contributed by atoms with Gasteiger partial charge in [-0.05, 0) is 66.9 Å². The van der Waals surface area contributed by atoms with Crippen LogP contribution in [-0.4, -0.2) is 52.6 Å². The van der Waals surface area contributed by atoms with Crippen LogP contribution in [0, 0.1) is 5.82 Å². The quantitative estimate of drug-likeness (QED) is 0.374. The first kappa shape index (κ1) is 23.8. The van der Waals surface area contributed by atoms with Crippen LogP contribution in [0.2, 0.25) is 5.02 Å². The molecule has 1 fully saturated rings. The lowest BCUT2D eigenvalue weighted by molar-refractivity contribution is -0.0372.